The van der Waals surface area contributed by atoms with E-state index in [1.165, 1.54) is 6.26 Å². The van der Waals surface area contributed by atoms with E-state index in [1.54, 1.807) is 55.6 Å². The quantitative estimate of drug-likeness (QED) is 0.692. The SMILES string of the molecule is COc1ccc(C(=O)c2coc(=O)c3ccccc23)cc1. The highest BCUT2D eigenvalue weighted by Crippen LogP contribution is 2.20. The number of carbonyl (C=O) groups is 1. The van der Waals surface area contributed by atoms with E-state index in [0.29, 0.717) is 27.6 Å². The van der Waals surface area contributed by atoms with Crippen LogP contribution in [0.15, 0.2) is 64.0 Å². The number of ketones is 1. The number of rotatable bonds is 3. The van der Waals surface area contributed by atoms with Crippen molar-refractivity contribution >= 4 is 16.6 Å². The minimum absolute atomic E-state index is 0.197. The maximum Gasteiger partial charge on any atom is 0.343 e. The van der Waals surface area contributed by atoms with Crippen LogP contribution in [-0.2, 0) is 0 Å². The Bertz CT molecular complexity index is 860. The second kappa shape index (κ2) is 5.25. The van der Waals surface area contributed by atoms with Gasteiger partial charge in [0.15, 0.2) is 5.78 Å². The highest BCUT2D eigenvalue weighted by Gasteiger charge is 2.15. The van der Waals surface area contributed by atoms with E-state index in [4.69, 9.17) is 9.15 Å². The van der Waals surface area contributed by atoms with Crippen molar-refractivity contribution < 1.29 is 13.9 Å². The van der Waals surface area contributed by atoms with Gasteiger partial charge in [0, 0.05) is 10.9 Å². The fourth-order valence-corrected chi connectivity index (χ4v) is 2.21. The lowest BCUT2D eigenvalue weighted by Crippen LogP contribution is -2.07. The van der Waals surface area contributed by atoms with Crippen molar-refractivity contribution in [1.82, 2.24) is 0 Å². The molecule has 0 N–H and O–H groups in total. The second-order valence-corrected chi connectivity index (χ2v) is 4.54. The van der Waals surface area contributed by atoms with Crippen LogP contribution in [0.4, 0.5) is 0 Å². The lowest BCUT2D eigenvalue weighted by Gasteiger charge is -2.05. The van der Waals surface area contributed by atoms with Gasteiger partial charge in [-0.25, -0.2) is 4.79 Å². The fourth-order valence-electron chi connectivity index (χ4n) is 2.21. The van der Waals surface area contributed by atoms with Gasteiger partial charge in [0.1, 0.15) is 12.0 Å². The third-order valence-electron chi connectivity index (χ3n) is 3.32. The Balaban J connectivity index is 2.13. The Labute approximate surface area is 120 Å². The molecule has 2 aromatic carbocycles. The Kier molecular flexibility index (Phi) is 3.28. The highest BCUT2D eigenvalue weighted by molar-refractivity contribution is 6.15. The summed E-state index contributed by atoms with van der Waals surface area (Å²) in [6.45, 7) is 0. The first-order valence-corrected chi connectivity index (χ1v) is 6.40. The number of hydrogen-bond donors (Lipinski definition) is 0. The molecule has 1 heterocycles. The molecule has 0 fully saturated rings. The van der Waals surface area contributed by atoms with Crippen LogP contribution in [0.3, 0.4) is 0 Å². The Morgan fingerprint density at radius 3 is 2.33 bits per heavy atom. The number of ether oxygens (including phenoxy) is 1. The number of benzene rings is 2. The van der Waals surface area contributed by atoms with Crippen LogP contribution in [-0.4, -0.2) is 12.9 Å². The second-order valence-electron chi connectivity index (χ2n) is 4.54. The summed E-state index contributed by atoms with van der Waals surface area (Å²) < 4.78 is 10.0. The predicted octanol–water partition coefficient (Wildman–Crippen LogP) is 3.03. The molecule has 0 aliphatic carbocycles. The summed E-state index contributed by atoms with van der Waals surface area (Å²) in [7, 11) is 1.57. The van der Waals surface area contributed by atoms with E-state index in [0.717, 1.165) is 0 Å². The van der Waals surface area contributed by atoms with Gasteiger partial charge in [0.05, 0.1) is 18.1 Å². The summed E-state index contributed by atoms with van der Waals surface area (Å²) >= 11 is 0. The van der Waals surface area contributed by atoms with Gasteiger partial charge in [-0.15, -0.1) is 0 Å². The van der Waals surface area contributed by atoms with Gasteiger partial charge < -0.3 is 9.15 Å². The standard InChI is InChI=1S/C17H12O4/c1-20-12-8-6-11(7-9-12)16(18)15-10-21-17(19)14-5-3-2-4-13(14)15/h2-10H,1H3. The van der Waals surface area contributed by atoms with E-state index < -0.39 is 5.63 Å². The molecule has 4 nitrogen and oxygen atoms in total. The van der Waals surface area contributed by atoms with Crippen LogP contribution in [0.2, 0.25) is 0 Å². The van der Waals surface area contributed by atoms with Crippen molar-refractivity contribution in [2.24, 2.45) is 0 Å². The Morgan fingerprint density at radius 1 is 1.00 bits per heavy atom. The van der Waals surface area contributed by atoms with Gasteiger partial charge in [-0.05, 0) is 30.3 Å². The first kappa shape index (κ1) is 13.1. The molecular weight excluding hydrogens is 268 g/mol. The highest BCUT2D eigenvalue weighted by atomic mass is 16.5. The van der Waals surface area contributed by atoms with Gasteiger partial charge in [0.25, 0.3) is 0 Å². The monoisotopic (exact) mass is 280 g/mol. The smallest absolute Gasteiger partial charge is 0.343 e. The summed E-state index contributed by atoms with van der Waals surface area (Å²) in [5, 5.41) is 0.992. The number of fused-ring (bicyclic) bond motifs is 1. The largest absolute Gasteiger partial charge is 0.497 e. The van der Waals surface area contributed by atoms with Crippen molar-refractivity contribution in [2.75, 3.05) is 7.11 Å². The number of methoxy groups -OCH3 is 1. The summed E-state index contributed by atoms with van der Waals surface area (Å²) in [6.07, 6.45) is 1.22. The van der Waals surface area contributed by atoms with Crippen molar-refractivity contribution in [1.29, 1.82) is 0 Å². The summed E-state index contributed by atoms with van der Waals surface area (Å²) in [5.74, 6) is 0.480. The molecule has 1 aromatic heterocycles. The molecule has 104 valence electrons. The van der Waals surface area contributed by atoms with Gasteiger partial charge in [0.2, 0.25) is 0 Å². The number of carbonyl (C=O) groups excluding carboxylic acids is 1. The summed E-state index contributed by atoms with van der Waals surface area (Å²) in [4.78, 5) is 24.2. The van der Waals surface area contributed by atoms with Crippen LogP contribution in [0.5, 0.6) is 5.75 Å². The average molecular weight is 280 g/mol. The molecule has 0 aliphatic heterocycles. The molecule has 0 aliphatic rings. The van der Waals surface area contributed by atoms with Gasteiger partial charge >= 0.3 is 5.63 Å². The van der Waals surface area contributed by atoms with Crippen LogP contribution in [0, 0.1) is 0 Å². The van der Waals surface area contributed by atoms with E-state index in [9.17, 15) is 9.59 Å². The molecular formula is C17H12O4. The lowest BCUT2D eigenvalue weighted by molar-refractivity contribution is 0.103. The normalized spacial score (nSPS) is 10.5. The minimum atomic E-state index is -0.447. The maximum atomic E-state index is 12.6. The number of hydrogen-bond acceptors (Lipinski definition) is 4. The molecule has 0 unspecified atom stereocenters. The molecule has 0 atom stereocenters. The Morgan fingerprint density at radius 2 is 1.67 bits per heavy atom. The molecule has 4 heteroatoms. The average Bonchev–Trinajstić information content (AvgIpc) is 2.55. The molecule has 0 saturated carbocycles. The van der Waals surface area contributed by atoms with Crippen LogP contribution in [0.1, 0.15) is 15.9 Å². The summed E-state index contributed by atoms with van der Waals surface area (Å²) in [5.41, 5.74) is 0.432. The molecule has 0 amide bonds. The zero-order valence-corrected chi connectivity index (χ0v) is 11.3. The van der Waals surface area contributed by atoms with Gasteiger partial charge in [-0.3, -0.25) is 4.79 Å². The topological polar surface area (TPSA) is 56.5 Å². The Hall–Kier alpha value is -2.88. The van der Waals surface area contributed by atoms with Crippen molar-refractivity contribution in [2.45, 2.75) is 0 Å². The van der Waals surface area contributed by atoms with Gasteiger partial charge in [-0.1, -0.05) is 18.2 Å². The molecule has 0 spiro atoms. The molecule has 0 bridgehead atoms. The van der Waals surface area contributed by atoms with E-state index in [-0.39, 0.29) is 5.78 Å². The third kappa shape index (κ3) is 2.31. The zero-order valence-electron chi connectivity index (χ0n) is 11.3. The van der Waals surface area contributed by atoms with Crippen LogP contribution >= 0.6 is 0 Å². The molecule has 3 rings (SSSR count). The van der Waals surface area contributed by atoms with Crippen LogP contribution < -0.4 is 10.4 Å². The van der Waals surface area contributed by atoms with Crippen molar-refractivity contribution in [3.63, 3.8) is 0 Å². The molecule has 3 aromatic rings. The van der Waals surface area contributed by atoms with Gasteiger partial charge in [-0.2, -0.15) is 0 Å². The lowest BCUT2D eigenvalue weighted by atomic mass is 10.0. The maximum absolute atomic E-state index is 12.6. The first-order valence-electron chi connectivity index (χ1n) is 6.40. The minimum Gasteiger partial charge on any atom is -0.497 e. The molecule has 0 radical (unpaired) electrons. The first-order chi connectivity index (χ1) is 10.2. The van der Waals surface area contributed by atoms with E-state index in [1.807, 2.05) is 0 Å². The van der Waals surface area contributed by atoms with Crippen molar-refractivity contribution in [3.8, 4) is 5.75 Å². The van der Waals surface area contributed by atoms with E-state index >= 15 is 0 Å². The molecule has 0 saturated heterocycles. The van der Waals surface area contributed by atoms with E-state index in [2.05, 4.69) is 0 Å². The third-order valence-corrected chi connectivity index (χ3v) is 3.32. The predicted molar refractivity (Wildman–Crippen MR) is 78.9 cm³/mol. The fraction of sp³-hybridized carbons (Fsp3) is 0.0588. The summed E-state index contributed by atoms with van der Waals surface area (Å²) in [6, 6.07) is 13.7. The van der Waals surface area contributed by atoms with Crippen LogP contribution in [0.25, 0.3) is 10.8 Å². The molecule has 21 heavy (non-hydrogen) atoms. The zero-order chi connectivity index (χ0) is 14.8. The van der Waals surface area contributed by atoms with Crippen molar-refractivity contribution in [3.05, 3.63) is 76.3 Å².